The Kier molecular flexibility index (Phi) is 6.11. The molecule has 0 unspecified atom stereocenters. The molecular formula is C42H25N5O2. The first-order valence-corrected chi connectivity index (χ1v) is 16.1. The maximum atomic E-state index is 6.02. The number of benzene rings is 6. The molecule has 6 aromatic carbocycles. The molecule has 230 valence electrons. The monoisotopic (exact) mass is 631 g/mol. The predicted octanol–water partition coefficient (Wildman–Crippen LogP) is 9.98. The minimum Gasteiger partial charge on any atom is -0.436 e. The lowest BCUT2D eigenvalue weighted by Crippen LogP contribution is -2.09. The summed E-state index contributed by atoms with van der Waals surface area (Å²) in [5.74, 6) is 2.89. The van der Waals surface area contributed by atoms with E-state index in [4.69, 9.17) is 23.8 Å². The Morgan fingerprint density at radius 3 is 1.24 bits per heavy atom. The summed E-state index contributed by atoms with van der Waals surface area (Å²) in [5, 5.41) is 0. The Balaban J connectivity index is 1.09. The van der Waals surface area contributed by atoms with Gasteiger partial charge in [-0.3, -0.25) is 0 Å². The number of hydrogen-bond donors (Lipinski definition) is 0. The molecule has 7 heteroatoms. The molecular weight excluding hydrogens is 606 g/mol. The summed E-state index contributed by atoms with van der Waals surface area (Å²) in [5.41, 5.74) is 11.4. The molecule has 1 aliphatic carbocycles. The van der Waals surface area contributed by atoms with Gasteiger partial charge in [0.15, 0.2) is 22.8 Å². The summed E-state index contributed by atoms with van der Waals surface area (Å²) in [6.45, 7) is 0. The summed E-state index contributed by atoms with van der Waals surface area (Å²) in [7, 11) is 0. The fraction of sp³-hybridized carbons (Fsp3) is 0.0238. The molecule has 0 N–H and O–H groups in total. The van der Waals surface area contributed by atoms with Crippen molar-refractivity contribution < 1.29 is 8.83 Å². The smallest absolute Gasteiger partial charge is 0.227 e. The van der Waals surface area contributed by atoms with Crippen molar-refractivity contribution in [1.82, 2.24) is 24.9 Å². The van der Waals surface area contributed by atoms with Crippen molar-refractivity contribution in [2.45, 2.75) is 5.92 Å². The highest BCUT2D eigenvalue weighted by Gasteiger charge is 2.32. The van der Waals surface area contributed by atoms with E-state index in [0.29, 0.717) is 29.3 Å². The van der Waals surface area contributed by atoms with Crippen molar-refractivity contribution in [2.24, 2.45) is 0 Å². The zero-order valence-electron chi connectivity index (χ0n) is 26.0. The third kappa shape index (κ3) is 4.63. The van der Waals surface area contributed by atoms with E-state index in [9.17, 15) is 0 Å². The SMILES string of the molecule is c1ccc2c(c1)-c1ccccc1C2c1nc(-c2ccc(-c3nc4ccccc4o3)cc2)nc(-c2ccc(-c3nc4ccccc4o3)cc2)n1. The molecule has 0 saturated heterocycles. The molecule has 49 heavy (non-hydrogen) atoms. The maximum absolute atomic E-state index is 6.02. The second kappa shape index (κ2) is 10.9. The average molecular weight is 632 g/mol. The normalized spacial score (nSPS) is 12.4. The van der Waals surface area contributed by atoms with E-state index >= 15 is 0 Å². The van der Waals surface area contributed by atoms with Crippen LogP contribution >= 0.6 is 0 Å². The number of para-hydroxylation sites is 4. The van der Waals surface area contributed by atoms with Gasteiger partial charge in [0.05, 0.1) is 5.92 Å². The maximum Gasteiger partial charge on any atom is 0.227 e. The highest BCUT2D eigenvalue weighted by molar-refractivity contribution is 5.81. The van der Waals surface area contributed by atoms with E-state index in [-0.39, 0.29) is 5.92 Å². The topological polar surface area (TPSA) is 90.7 Å². The first-order valence-electron chi connectivity index (χ1n) is 16.1. The summed E-state index contributed by atoms with van der Waals surface area (Å²) in [6, 6.07) is 48.6. The number of rotatable bonds is 5. The van der Waals surface area contributed by atoms with Gasteiger partial charge in [-0.25, -0.2) is 24.9 Å². The van der Waals surface area contributed by atoms with Crippen LogP contribution in [0.2, 0.25) is 0 Å². The lowest BCUT2D eigenvalue weighted by atomic mass is 9.96. The van der Waals surface area contributed by atoms with Gasteiger partial charge in [0, 0.05) is 22.3 Å². The highest BCUT2D eigenvalue weighted by atomic mass is 16.4. The predicted molar refractivity (Wildman–Crippen MR) is 190 cm³/mol. The number of fused-ring (bicyclic) bond motifs is 5. The lowest BCUT2D eigenvalue weighted by Gasteiger charge is -2.15. The highest BCUT2D eigenvalue weighted by Crippen LogP contribution is 2.47. The minimum atomic E-state index is -0.133. The number of hydrogen-bond acceptors (Lipinski definition) is 7. The van der Waals surface area contributed by atoms with E-state index in [2.05, 4.69) is 58.5 Å². The van der Waals surface area contributed by atoms with Crippen LogP contribution in [0.3, 0.4) is 0 Å². The fourth-order valence-corrected chi connectivity index (χ4v) is 6.73. The van der Waals surface area contributed by atoms with Crippen LogP contribution in [-0.4, -0.2) is 24.9 Å². The molecule has 1 aliphatic rings. The molecule has 10 rings (SSSR count). The van der Waals surface area contributed by atoms with Crippen molar-refractivity contribution in [2.75, 3.05) is 0 Å². The van der Waals surface area contributed by atoms with Crippen LogP contribution < -0.4 is 0 Å². The van der Waals surface area contributed by atoms with Crippen LogP contribution in [0.15, 0.2) is 154 Å². The quantitative estimate of drug-likeness (QED) is 0.187. The number of aromatic nitrogens is 5. The Morgan fingerprint density at radius 1 is 0.367 bits per heavy atom. The van der Waals surface area contributed by atoms with E-state index in [1.165, 1.54) is 22.3 Å². The van der Waals surface area contributed by atoms with E-state index < -0.39 is 0 Å². The van der Waals surface area contributed by atoms with Gasteiger partial charge in [-0.2, -0.15) is 0 Å². The summed E-state index contributed by atoms with van der Waals surface area (Å²) >= 11 is 0. The molecule has 0 amide bonds. The molecule has 0 atom stereocenters. The van der Waals surface area contributed by atoms with Crippen molar-refractivity contribution in [1.29, 1.82) is 0 Å². The van der Waals surface area contributed by atoms with E-state index in [0.717, 1.165) is 44.5 Å². The number of nitrogens with zero attached hydrogens (tertiary/aromatic N) is 5. The van der Waals surface area contributed by atoms with Gasteiger partial charge in [-0.15, -0.1) is 0 Å². The third-order valence-electron chi connectivity index (χ3n) is 9.11. The summed E-state index contributed by atoms with van der Waals surface area (Å²) < 4.78 is 12.0. The van der Waals surface area contributed by atoms with Crippen LogP contribution in [0.1, 0.15) is 22.9 Å². The van der Waals surface area contributed by atoms with Crippen LogP contribution in [-0.2, 0) is 0 Å². The van der Waals surface area contributed by atoms with Gasteiger partial charge < -0.3 is 8.83 Å². The van der Waals surface area contributed by atoms with Gasteiger partial charge in [-0.1, -0.05) is 97.1 Å². The van der Waals surface area contributed by atoms with Gasteiger partial charge in [-0.05, 0) is 70.8 Å². The van der Waals surface area contributed by atoms with Gasteiger partial charge in [0.25, 0.3) is 0 Å². The van der Waals surface area contributed by atoms with Crippen LogP contribution in [0.4, 0.5) is 0 Å². The van der Waals surface area contributed by atoms with Gasteiger partial charge in [0.2, 0.25) is 11.8 Å². The Bertz CT molecular complexity index is 2430. The fourth-order valence-electron chi connectivity index (χ4n) is 6.73. The standard InChI is InChI=1S/C42H25N5O2/c1-3-11-31-29(9-1)30-10-2-4-12-32(30)37(31)40-46-38(25-17-21-27(22-18-25)41-43-33-13-5-7-15-35(33)48-41)45-39(47-40)26-19-23-28(24-20-26)42-44-34-14-6-8-16-36(34)49-42/h1-24,37H. The minimum absolute atomic E-state index is 0.133. The third-order valence-corrected chi connectivity index (χ3v) is 9.11. The lowest BCUT2D eigenvalue weighted by molar-refractivity contribution is 0.619. The number of oxazole rings is 2. The average Bonchev–Trinajstić information content (AvgIpc) is 3.89. The Hall–Kier alpha value is -6.73. The molecule has 3 heterocycles. The van der Waals surface area contributed by atoms with Crippen molar-refractivity contribution >= 4 is 22.2 Å². The zero-order chi connectivity index (χ0) is 32.3. The molecule has 7 nitrogen and oxygen atoms in total. The van der Waals surface area contributed by atoms with Crippen LogP contribution in [0, 0.1) is 0 Å². The molecule has 0 spiro atoms. The Labute approximate surface area is 280 Å². The van der Waals surface area contributed by atoms with Crippen LogP contribution in [0.25, 0.3) is 79.0 Å². The van der Waals surface area contributed by atoms with Crippen molar-refractivity contribution in [3.8, 4) is 56.8 Å². The van der Waals surface area contributed by atoms with Crippen molar-refractivity contribution in [3.63, 3.8) is 0 Å². The molecule has 0 radical (unpaired) electrons. The molecule has 0 bridgehead atoms. The van der Waals surface area contributed by atoms with Gasteiger partial charge in [0.1, 0.15) is 16.9 Å². The largest absolute Gasteiger partial charge is 0.436 e. The van der Waals surface area contributed by atoms with E-state index in [1.807, 2.05) is 97.1 Å². The molecule has 9 aromatic rings. The zero-order valence-corrected chi connectivity index (χ0v) is 26.0. The second-order valence-electron chi connectivity index (χ2n) is 12.1. The summed E-state index contributed by atoms with van der Waals surface area (Å²) in [6.07, 6.45) is 0. The summed E-state index contributed by atoms with van der Waals surface area (Å²) in [4.78, 5) is 24.7. The molecule has 0 aliphatic heterocycles. The van der Waals surface area contributed by atoms with Gasteiger partial charge >= 0.3 is 0 Å². The molecule has 0 fully saturated rings. The second-order valence-corrected chi connectivity index (χ2v) is 12.1. The first kappa shape index (κ1) is 27.4. The first-order chi connectivity index (χ1) is 24.2. The molecule has 3 aromatic heterocycles. The molecule has 0 saturated carbocycles. The van der Waals surface area contributed by atoms with Crippen LogP contribution in [0.5, 0.6) is 0 Å². The Morgan fingerprint density at radius 2 is 0.776 bits per heavy atom. The van der Waals surface area contributed by atoms with Crippen molar-refractivity contribution in [3.05, 3.63) is 163 Å². The van der Waals surface area contributed by atoms with E-state index in [1.54, 1.807) is 0 Å².